The molecule has 1 aromatic heterocycles. The van der Waals surface area contributed by atoms with Gasteiger partial charge >= 0.3 is 0 Å². The Kier molecular flexibility index (Phi) is 3.86. The van der Waals surface area contributed by atoms with Gasteiger partial charge in [0.05, 0.1) is 0 Å². The van der Waals surface area contributed by atoms with Gasteiger partial charge < -0.3 is 0 Å². The van der Waals surface area contributed by atoms with Crippen LogP contribution < -0.4 is 0 Å². The van der Waals surface area contributed by atoms with Crippen LogP contribution in [0.1, 0.15) is 12.5 Å². The van der Waals surface area contributed by atoms with Crippen LogP contribution in [0.25, 0.3) is 6.08 Å². The quantitative estimate of drug-likeness (QED) is 0.750. The Bertz CT molecular complexity index is 397. The number of aliphatic imine (C=N–C) groups is 1. The van der Waals surface area contributed by atoms with Crippen molar-refractivity contribution >= 4 is 53.3 Å². The van der Waals surface area contributed by atoms with E-state index in [9.17, 15) is 0 Å². The van der Waals surface area contributed by atoms with E-state index in [-0.39, 0.29) is 10.3 Å². The summed E-state index contributed by atoms with van der Waals surface area (Å²) in [6.07, 6.45) is 1.61. The number of hydrogen-bond donors (Lipinski definition) is 0. The first-order valence-electron chi connectivity index (χ1n) is 3.58. The van der Waals surface area contributed by atoms with E-state index in [0.29, 0.717) is 16.3 Å². The Hall–Kier alpha value is -0.640. The molecule has 0 spiro atoms. The van der Waals surface area contributed by atoms with Gasteiger partial charge in [-0.25, -0.2) is 0 Å². The highest BCUT2D eigenvalue weighted by atomic mass is 35.5. The predicted octanol–water partition coefficient (Wildman–Crippen LogP) is 3.72. The Labute approximate surface area is 96.4 Å². The molecule has 0 aromatic carbocycles. The monoisotopic (exact) mass is 249 g/mol. The van der Waals surface area contributed by atoms with Crippen molar-refractivity contribution in [2.45, 2.75) is 6.92 Å². The van der Waals surface area contributed by atoms with Crippen molar-refractivity contribution in [1.82, 2.24) is 10.2 Å². The van der Waals surface area contributed by atoms with Crippen LogP contribution in [-0.2, 0) is 0 Å². The van der Waals surface area contributed by atoms with E-state index in [4.69, 9.17) is 34.8 Å². The van der Waals surface area contributed by atoms with Gasteiger partial charge in [-0.05, 0) is 19.7 Å². The van der Waals surface area contributed by atoms with Crippen LogP contribution in [0.4, 0.5) is 5.69 Å². The van der Waals surface area contributed by atoms with Gasteiger partial charge in [-0.3, -0.25) is 4.99 Å². The van der Waals surface area contributed by atoms with E-state index < -0.39 is 0 Å². The summed E-state index contributed by atoms with van der Waals surface area (Å²) >= 11 is 17.3. The van der Waals surface area contributed by atoms with Crippen molar-refractivity contribution < 1.29 is 0 Å². The van der Waals surface area contributed by atoms with Crippen molar-refractivity contribution in [3.63, 3.8) is 0 Å². The molecular weight excluding hydrogens is 244 g/mol. The lowest BCUT2D eigenvalue weighted by molar-refractivity contribution is 1.03. The molecule has 1 rings (SSSR count). The van der Waals surface area contributed by atoms with Gasteiger partial charge in [0.1, 0.15) is 5.69 Å². The van der Waals surface area contributed by atoms with Crippen molar-refractivity contribution in [2.75, 3.05) is 0 Å². The first kappa shape index (κ1) is 11.4. The number of nitrogens with zero attached hydrogens (tertiary/aromatic N) is 3. The summed E-state index contributed by atoms with van der Waals surface area (Å²) in [6, 6.07) is 0. The fourth-order valence-electron chi connectivity index (χ4n) is 0.875. The minimum atomic E-state index is 0.147. The fourth-order valence-corrected chi connectivity index (χ4v) is 1.37. The zero-order valence-electron chi connectivity index (χ0n) is 7.26. The fraction of sp³-hybridized carbons (Fsp3) is 0.125. The lowest BCUT2D eigenvalue weighted by Crippen LogP contribution is -1.89. The van der Waals surface area contributed by atoms with E-state index in [1.807, 2.05) is 0 Å². The van der Waals surface area contributed by atoms with Gasteiger partial charge in [-0.2, -0.15) is 0 Å². The van der Waals surface area contributed by atoms with Crippen LogP contribution in [0.2, 0.25) is 10.3 Å². The van der Waals surface area contributed by atoms with Crippen LogP contribution in [-0.4, -0.2) is 16.9 Å². The smallest absolute Gasteiger partial charge is 0.177 e. The van der Waals surface area contributed by atoms with Gasteiger partial charge in [0.2, 0.25) is 0 Å². The summed E-state index contributed by atoms with van der Waals surface area (Å²) in [4.78, 5) is 3.71. The number of hydrogen-bond acceptors (Lipinski definition) is 3. The third-order valence-corrected chi connectivity index (χ3v) is 2.04. The maximum atomic E-state index is 5.80. The third-order valence-electron chi connectivity index (χ3n) is 1.40. The summed E-state index contributed by atoms with van der Waals surface area (Å²) in [7, 11) is 0. The molecule has 0 N–H and O–H groups in total. The van der Waals surface area contributed by atoms with Crippen molar-refractivity contribution in [2.24, 2.45) is 4.99 Å². The number of halogens is 3. The standard InChI is InChI=1S/C8H6Cl3N3/c1-4(9)3-5-6(12-2)8(11)14-13-7(5)10/h3H,2H2,1H3/b4-3+. The SMILES string of the molecule is C=Nc1c(Cl)nnc(Cl)c1/C=C(\C)Cl. The molecule has 0 aliphatic heterocycles. The van der Waals surface area contributed by atoms with Gasteiger partial charge in [0.25, 0.3) is 0 Å². The van der Waals surface area contributed by atoms with Crippen LogP contribution in [0, 0.1) is 0 Å². The number of allylic oxidation sites excluding steroid dienone is 1. The second kappa shape index (κ2) is 4.73. The molecule has 1 heterocycles. The minimum absolute atomic E-state index is 0.147. The highest BCUT2D eigenvalue weighted by Crippen LogP contribution is 2.32. The first-order valence-corrected chi connectivity index (χ1v) is 4.72. The Morgan fingerprint density at radius 1 is 1.36 bits per heavy atom. The molecule has 0 amide bonds. The molecule has 0 saturated carbocycles. The second-order valence-corrected chi connectivity index (χ2v) is 3.75. The van der Waals surface area contributed by atoms with Crippen LogP contribution >= 0.6 is 34.8 Å². The summed E-state index contributed by atoms with van der Waals surface area (Å²) < 4.78 is 0. The maximum absolute atomic E-state index is 5.80. The van der Waals surface area contributed by atoms with Crippen LogP contribution in [0.3, 0.4) is 0 Å². The van der Waals surface area contributed by atoms with Gasteiger partial charge in [-0.15, -0.1) is 10.2 Å². The number of aromatic nitrogens is 2. The Morgan fingerprint density at radius 2 is 1.93 bits per heavy atom. The molecule has 0 saturated heterocycles. The van der Waals surface area contributed by atoms with Gasteiger partial charge in [0.15, 0.2) is 10.3 Å². The van der Waals surface area contributed by atoms with E-state index in [2.05, 4.69) is 21.9 Å². The molecule has 14 heavy (non-hydrogen) atoms. The molecule has 0 aliphatic rings. The molecule has 6 heteroatoms. The van der Waals surface area contributed by atoms with E-state index >= 15 is 0 Å². The average molecular weight is 251 g/mol. The highest BCUT2D eigenvalue weighted by Gasteiger charge is 2.10. The summed E-state index contributed by atoms with van der Waals surface area (Å²) in [5.74, 6) is 0. The molecule has 0 bridgehead atoms. The molecule has 0 fully saturated rings. The summed E-state index contributed by atoms with van der Waals surface area (Å²) in [5, 5.41) is 8.11. The molecule has 0 radical (unpaired) electrons. The summed E-state index contributed by atoms with van der Waals surface area (Å²) in [6.45, 7) is 5.08. The topological polar surface area (TPSA) is 38.1 Å². The first-order chi connectivity index (χ1) is 6.56. The third kappa shape index (κ3) is 2.44. The zero-order chi connectivity index (χ0) is 10.7. The van der Waals surface area contributed by atoms with Crippen LogP contribution in [0.15, 0.2) is 10.0 Å². The largest absolute Gasteiger partial charge is 0.261 e. The van der Waals surface area contributed by atoms with Gasteiger partial charge in [0, 0.05) is 10.6 Å². The molecular formula is C8H6Cl3N3. The van der Waals surface area contributed by atoms with Crippen molar-refractivity contribution in [3.05, 3.63) is 20.9 Å². The minimum Gasteiger partial charge on any atom is -0.261 e. The molecule has 0 unspecified atom stereocenters. The Morgan fingerprint density at radius 3 is 2.43 bits per heavy atom. The molecule has 1 aromatic rings. The second-order valence-electron chi connectivity index (χ2n) is 2.43. The molecule has 0 aliphatic carbocycles. The Balaban J connectivity index is 3.45. The predicted molar refractivity (Wildman–Crippen MR) is 60.8 cm³/mol. The van der Waals surface area contributed by atoms with E-state index in [1.165, 1.54) is 0 Å². The highest BCUT2D eigenvalue weighted by molar-refractivity contribution is 6.36. The van der Waals surface area contributed by atoms with E-state index in [0.717, 1.165) is 0 Å². The van der Waals surface area contributed by atoms with Crippen molar-refractivity contribution in [1.29, 1.82) is 0 Å². The van der Waals surface area contributed by atoms with Gasteiger partial charge in [-0.1, -0.05) is 34.8 Å². The average Bonchev–Trinajstić information content (AvgIpc) is 2.11. The lowest BCUT2D eigenvalue weighted by Gasteiger charge is -2.03. The van der Waals surface area contributed by atoms with Crippen molar-refractivity contribution in [3.8, 4) is 0 Å². The lowest BCUT2D eigenvalue weighted by atomic mass is 10.2. The normalized spacial score (nSPS) is 11.6. The molecule has 74 valence electrons. The maximum Gasteiger partial charge on any atom is 0.177 e. The zero-order valence-corrected chi connectivity index (χ0v) is 9.53. The van der Waals surface area contributed by atoms with E-state index in [1.54, 1.807) is 13.0 Å². The molecule has 0 atom stereocenters. The summed E-state index contributed by atoms with van der Waals surface area (Å²) in [5.41, 5.74) is 0.904. The molecule has 3 nitrogen and oxygen atoms in total. The van der Waals surface area contributed by atoms with Crippen LogP contribution in [0.5, 0.6) is 0 Å². The number of rotatable bonds is 2.